The molecule has 1 aliphatic heterocycles. The van der Waals surface area contributed by atoms with Crippen LogP contribution in [0, 0.1) is 6.92 Å². The summed E-state index contributed by atoms with van der Waals surface area (Å²) < 4.78 is 67.1. The van der Waals surface area contributed by atoms with Gasteiger partial charge in [-0.2, -0.15) is 31.0 Å². The molecule has 1 aliphatic rings. The van der Waals surface area contributed by atoms with E-state index in [2.05, 4.69) is 14.8 Å². The average molecular weight is 510 g/mol. The number of alkyl halides is 3. The highest BCUT2D eigenvalue weighted by Crippen LogP contribution is 2.43. The lowest BCUT2D eigenvalue weighted by atomic mass is 9.96. The van der Waals surface area contributed by atoms with Crippen molar-refractivity contribution in [3.63, 3.8) is 0 Å². The van der Waals surface area contributed by atoms with Crippen LogP contribution in [0.25, 0.3) is 11.3 Å². The molecule has 0 fully saturated rings. The second-order valence-corrected chi connectivity index (χ2v) is 11.0. The monoisotopic (exact) mass is 509 g/mol. The lowest BCUT2D eigenvalue weighted by Gasteiger charge is -2.32. The lowest BCUT2D eigenvalue weighted by Crippen LogP contribution is -2.35. The third-order valence-corrected chi connectivity index (χ3v) is 7.41. The fraction of sp³-hybridized carbons (Fsp3) is 0.409. The number of aryl methyl sites for hydroxylation is 1. The van der Waals surface area contributed by atoms with Gasteiger partial charge in [0.1, 0.15) is 6.54 Å². The number of aromatic nitrogens is 4. The Morgan fingerprint density at radius 1 is 1.17 bits per heavy atom. The van der Waals surface area contributed by atoms with E-state index in [4.69, 9.17) is 4.98 Å². The third-order valence-electron chi connectivity index (χ3n) is 5.95. The van der Waals surface area contributed by atoms with Crippen LogP contribution < -0.4 is 9.62 Å². The second-order valence-electron chi connectivity index (χ2n) is 9.16. The summed E-state index contributed by atoms with van der Waals surface area (Å²) in [6.07, 6.45) is 1.47. The molecular formula is C22H26F3N7O2S. The van der Waals surface area contributed by atoms with E-state index in [0.717, 1.165) is 25.8 Å². The van der Waals surface area contributed by atoms with Crippen molar-refractivity contribution >= 4 is 21.6 Å². The maximum Gasteiger partial charge on any atom is 0.408 e. The Kier molecular flexibility index (Phi) is 6.04. The highest BCUT2D eigenvalue weighted by molar-refractivity contribution is 7.90. The Bertz CT molecular complexity index is 1370. The summed E-state index contributed by atoms with van der Waals surface area (Å²) in [5, 5.41) is 3.88. The number of fused-ring (bicyclic) bond motifs is 1. The first kappa shape index (κ1) is 24.9. The van der Waals surface area contributed by atoms with Crippen LogP contribution in [0.15, 0.2) is 36.9 Å². The maximum atomic E-state index is 12.8. The second kappa shape index (κ2) is 8.48. The molecule has 0 saturated carbocycles. The molecule has 9 nitrogen and oxygen atoms in total. The fourth-order valence-corrected chi connectivity index (χ4v) is 4.68. The molecule has 0 unspecified atom stereocenters. The van der Waals surface area contributed by atoms with Crippen LogP contribution in [0.3, 0.4) is 0 Å². The van der Waals surface area contributed by atoms with Crippen molar-refractivity contribution in [1.29, 1.82) is 0 Å². The Morgan fingerprint density at radius 2 is 1.89 bits per heavy atom. The number of hydrogen-bond donors (Lipinski definition) is 1. The van der Waals surface area contributed by atoms with Gasteiger partial charge in [0, 0.05) is 38.6 Å². The summed E-state index contributed by atoms with van der Waals surface area (Å²) in [5.41, 5.74) is 4.22. The predicted octanol–water partition coefficient (Wildman–Crippen LogP) is 3.68. The van der Waals surface area contributed by atoms with E-state index in [1.807, 2.05) is 31.7 Å². The van der Waals surface area contributed by atoms with Gasteiger partial charge in [0.05, 0.1) is 40.7 Å². The molecule has 3 aromatic rings. The molecule has 0 amide bonds. The summed E-state index contributed by atoms with van der Waals surface area (Å²) in [6.45, 7) is 5.17. The van der Waals surface area contributed by atoms with Crippen LogP contribution in [-0.2, 0) is 28.8 Å². The van der Waals surface area contributed by atoms with Gasteiger partial charge >= 0.3 is 16.4 Å². The van der Waals surface area contributed by atoms with Gasteiger partial charge in [-0.3, -0.25) is 14.4 Å². The van der Waals surface area contributed by atoms with E-state index in [1.54, 1.807) is 12.3 Å². The van der Waals surface area contributed by atoms with Gasteiger partial charge in [0.2, 0.25) is 0 Å². The maximum absolute atomic E-state index is 12.8. The molecular weight excluding hydrogens is 483 g/mol. The normalized spacial score (nSPS) is 15.5. The third kappa shape index (κ3) is 4.96. The molecule has 0 spiro atoms. The van der Waals surface area contributed by atoms with Gasteiger partial charge < -0.3 is 4.90 Å². The quantitative estimate of drug-likeness (QED) is 0.545. The van der Waals surface area contributed by atoms with E-state index in [-0.39, 0.29) is 0 Å². The molecule has 13 heteroatoms. The first-order valence-corrected chi connectivity index (χ1v) is 12.1. The van der Waals surface area contributed by atoms with Gasteiger partial charge in [0.15, 0.2) is 0 Å². The summed E-state index contributed by atoms with van der Waals surface area (Å²) in [4.78, 5) is 11.0. The van der Waals surface area contributed by atoms with Crippen molar-refractivity contribution in [2.45, 2.75) is 45.6 Å². The van der Waals surface area contributed by atoms with Crippen molar-refractivity contribution in [1.82, 2.24) is 24.1 Å². The van der Waals surface area contributed by atoms with Crippen LogP contribution >= 0.6 is 0 Å². The van der Waals surface area contributed by atoms with E-state index < -0.39 is 28.5 Å². The minimum atomic E-state index is -4.36. The lowest BCUT2D eigenvalue weighted by molar-refractivity contribution is -0.142. The Morgan fingerprint density at radius 3 is 2.54 bits per heavy atom. The topological polar surface area (TPSA) is 96.2 Å². The molecule has 3 aromatic heterocycles. The highest BCUT2D eigenvalue weighted by atomic mass is 32.2. The number of rotatable bonds is 6. The highest BCUT2D eigenvalue weighted by Gasteiger charge is 2.41. The molecule has 35 heavy (non-hydrogen) atoms. The Balaban J connectivity index is 1.67. The zero-order valence-electron chi connectivity index (χ0n) is 19.9. The number of nitrogens with one attached hydrogen (secondary N) is 1. The number of halogens is 3. The number of nitrogens with zero attached hydrogens (tertiary/aromatic N) is 6. The largest absolute Gasteiger partial charge is 0.408 e. The Hall–Kier alpha value is -3.19. The van der Waals surface area contributed by atoms with Gasteiger partial charge in [-0.05, 0) is 44.0 Å². The van der Waals surface area contributed by atoms with Crippen molar-refractivity contribution in [2.75, 3.05) is 23.7 Å². The molecule has 4 rings (SSSR count). The molecule has 0 bridgehead atoms. The number of hydrogen-bond acceptors (Lipinski definition) is 6. The summed E-state index contributed by atoms with van der Waals surface area (Å²) in [5.74, 6) is 0. The number of pyridine rings is 2. The van der Waals surface area contributed by atoms with E-state index in [0.29, 0.717) is 29.2 Å². The van der Waals surface area contributed by atoms with Gasteiger partial charge in [0.25, 0.3) is 0 Å². The molecule has 0 atom stereocenters. The SMILES string of the molecule is Cc1cc(-c2cncc(NS(=O)(=O)N(C)C)c2)nc2c1CN(c1cnn(CC(F)(F)F)c1)C2(C)C. The van der Waals surface area contributed by atoms with Crippen molar-refractivity contribution < 1.29 is 21.6 Å². The van der Waals surface area contributed by atoms with E-state index in [1.165, 1.54) is 32.7 Å². The predicted molar refractivity (Wildman–Crippen MR) is 126 cm³/mol. The molecule has 188 valence electrons. The van der Waals surface area contributed by atoms with Crippen LogP contribution in [-0.4, -0.2) is 52.7 Å². The summed E-state index contributed by atoms with van der Waals surface area (Å²) in [7, 11) is -0.851. The molecule has 0 radical (unpaired) electrons. The van der Waals surface area contributed by atoms with Gasteiger partial charge in [-0.1, -0.05) is 0 Å². The van der Waals surface area contributed by atoms with Crippen LogP contribution in [0.4, 0.5) is 24.5 Å². The van der Waals surface area contributed by atoms with Gasteiger partial charge in [-0.25, -0.2) is 4.98 Å². The fourth-order valence-electron chi connectivity index (χ4n) is 4.09. The van der Waals surface area contributed by atoms with E-state index in [9.17, 15) is 21.6 Å². The minimum Gasteiger partial charge on any atom is -0.354 e. The molecule has 0 aromatic carbocycles. The Labute approximate surface area is 201 Å². The van der Waals surface area contributed by atoms with Crippen molar-refractivity contribution in [3.05, 3.63) is 53.7 Å². The molecule has 4 heterocycles. The van der Waals surface area contributed by atoms with Gasteiger partial charge in [-0.15, -0.1) is 0 Å². The zero-order valence-corrected chi connectivity index (χ0v) is 20.7. The first-order chi connectivity index (χ1) is 16.2. The molecule has 0 saturated heterocycles. The van der Waals surface area contributed by atoms with Crippen molar-refractivity contribution in [3.8, 4) is 11.3 Å². The first-order valence-electron chi connectivity index (χ1n) is 10.7. The van der Waals surface area contributed by atoms with Crippen LogP contribution in [0.2, 0.25) is 0 Å². The number of anilines is 2. The van der Waals surface area contributed by atoms with Crippen LogP contribution in [0.1, 0.15) is 30.7 Å². The average Bonchev–Trinajstić information content (AvgIpc) is 3.28. The van der Waals surface area contributed by atoms with Crippen LogP contribution in [0.5, 0.6) is 0 Å². The minimum absolute atomic E-state index is 0.300. The molecule has 0 aliphatic carbocycles. The summed E-state index contributed by atoms with van der Waals surface area (Å²) >= 11 is 0. The zero-order chi connectivity index (χ0) is 25.8. The molecule has 1 N–H and O–H groups in total. The summed E-state index contributed by atoms with van der Waals surface area (Å²) in [6, 6.07) is 3.55. The smallest absolute Gasteiger partial charge is 0.354 e. The standard InChI is InChI=1S/C22H26F3N7O2S/c1-14-6-19(15-7-16(9-26-8-15)29-35(33,34)30(4)5)28-20-18(14)12-32(21(20,2)3)17-10-27-31(11-17)13-22(23,24)25/h6-11,29H,12-13H2,1-5H3. The van der Waals surface area contributed by atoms with Crippen molar-refractivity contribution in [2.24, 2.45) is 0 Å². The van der Waals surface area contributed by atoms with E-state index >= 15 is 0 Å².